The van der Waals surface area contributed by atoms with Crippen LogP contribution in [0.4, 0.5) is 0 Å². The summed E-state index contributed by atoms with van der Waals surface area (Å²) in [5.41, 5.74) is 7.13. The minimum Gasteiger partial charge on any atom is -0.488 e. The number of halogens is 1. The van der Waals surface area contributed by atoms with Gasteiger partial charge in [-0.2, -0.15) is 0 Å². The minimum absolute atomic E-state index is 0.0201. The van der Waals surface area contributed by atoms with Gasteiger partial charge < -0.3 is 15.7 Å². The molecule has 0 aliphatic carbocycles. The van der Waals surface area contributed by atoms with E-state index >= 15 is 0 Å². The molecule has 2 aromatic carbocycles. The van der Waals surface area contributed by atoms with Crippen molar-refractivity contribution in [3.63, 3.8) is 0 Å². The number of hydrogen-bond acceptors (Lipinski definition) is 3. The maximum Gasteiger partial charge on any atom is 0.173 e. The molecule has 2 rings (SSSR count). The van der Waals surface area contributed by atoms with E-state index in [1.165, 1.54) is 0 Å². The highest BCUT2D eigenvalue weighted by molar-refractivity contribution is 6.30. The van der Waals surface area contributed by atoms with Gasteiger partial charge in [-0.1, -0.05) is 41.0 Å². The van der Waals surface area contributed by atoms with Crippen molar-refractivity contribution < 1.29 is 9.94 Å². The van der Waals surface area contributed by atoms with Crippen LogP contribution in [-0.2, 0) is 6.61 Å². The van der Waals surface area contributed by atoms with Crippen molar-refractivity contribution in [2.75, 3.05) is 0 Å². The quantitative estimate of drug-likeness (QED) is 0.390. The van der Waals surface area contributed by atoms with Crippen molar-refractivity contribution in [1.82, 2.24) is 0 Å². The fraction of sp³-hybridized carbons (Fsp3) is 0.0714. The summed E-state index contributed by atoms with van der Waals surface area (Å²) >= 11 is 5.81. The van der Waals surface area contributed by atoms with Crippen LogP contribution in [0.25, 0.3) is 0 Å². The fourth-order valence-electron chi connectivity index (χ4n) is 1.60. The molecule has 0 radical (unpaired) electrons. The molecule has 2 aromatic rings. The summed E-state index contributed by atoms with van der Waals surface area (Å²) < 4.78 is 5.67. The molecule has 98 valence electrons. The van der Waals surface area contributed by atoms with E-state index in [4.69, 9.17) is 27.3 Å². The SMILES string of the molecule is N/C(=N\O)c1ccccc1OCc1ccc(Cl)cc1. The van der Waals surface area contributed by atoms with Crippen LogP contribution in [0.5, 0.6) is 5.75 Å². The van der Waals surface area contributed by atoms with Crippen LogP contribution in [0.15, 0.2) is 53.7 Å². The summed E-state index contributed by atoms with van der Waals surface area (Å²) in [4.78, 5) is 0. The summed E-state index contributed by atoms with van der Waals surface area (Å²) in [5.74, 6) is 0.583. The molecule has 0 atom stereocenters. The summed E-state index contributed by atoms with van der Waals surface area (Å²) in [6, 6.07) is 14.5. The summed E-state index contributed by atoms with van der Waals surface area (Å²) in [6.07, 6.45) is 0. The predicted molar refractivity (Wildman–Crippen MR) is 74.7 cm³/mol. The number of oxime groups is 1. The Balaban J connectivity index is 2.13. The number of benzene rings is 2. The van der Waals surface area contributed by atoms with Crippen LogP contribution in [0.2, 0.25) is 5.02 Å². The van der Waals surface area contributed by atoms with E-state index in [1.54, 1.807) is 30.3 Å². The third-order valence-corrected chi connectivity index (χ3v) is 2.83. The number of ether oxygens (including phenoxy) is 1. The van der Waals surface area contributed by atoms with E-state index in [0.717, 1.165) is 5.56 Å². The molecule has 0 spiro atoms. The van der Waals surface area contributed by atoms with Gasteiger partial charge in [0.2, 0.25) is 0 Å². The molecule has 0 saturated heterocycles. The van der Waals surface area contributed by atoms with E-state index in [9.17, 15) is 0 Å². The number of rotatable bonds is 4. The van der Waals surface area contributed by atoms with Crippen LogP contribution in [0, 0.1) is 0 Å². The molecule has 19 heavy (non-hydrogen) atoms. The van der Waals surface area contributed by atoms with Crippen molar-refractivity contribution >= 4 is 17.4 Å². The molecular weight excluding hydrogens is 264 g/mol. The zero-order valence-corrected chi connectivity index (χ0v) is 10.8. The third kappa shape index (κ3) is 3.39. The second-order valence-corrected chi connectivity index (χ2v) is 4.33. The highest BCUT2D eigenvalue weighted by atomic mass is 35.5. The van der Waals surface area contributed by atoms with Crippen molar-refractivity contribution in [3.05, 3.63) is 64.7 Å². The molecule has 0 aliphatic heterocycles. The average molecular weight is 277 g/mol. The average Bonchev–Trinajstić information content (AvgIpc) is 2.46. The van der Waals surface area contributed by atoms with Crippen molar-refractivity contribution in [2.24, 2.45) is 10.9 Å². The van der Waals surface area contributed by atoms with Crippen LogP contribution >= 0.6 is 11.6 Å². The van der Waals surface area contributed by atoms with E-state index in [0.29, 0.717) is 22.9 Å². The van der Waals surface area contributed by atoms with Crippen molar-refractivity contribution in [1.29, 1.82) is 0 Å². The topological polar surface area (TPSA) is 67.8 Å². The number of para-hydroxylation sites is 1. The van der Waals surface area contributed by atoms with E-state index in [-0.39, 0.29) is 5.84 Å². The fourth-order valence-corrected chi connectivity index (χ4v) is 1.73. The first-order valence-corrected chi connectivity index (χ1v) is 6.02. The lowest BCUT2D eigenvalue weighted by Crippen LogP contribution is -2.14. The Hall–Kier alpha value is -2.20. The second kappa shape index (κ2) is 6.11. The Bertz CT molecular complexity index is 582. The van der Waals surface area contributed by atoms with Gasteiger partial charge in [0.1, 0.15) is 12.4 Å². The third-order valence-electron chi connectivity index (χ3n) is 2.58. The highest BCUT2D eigenvalue weighted by Crippen LogP contribution is 2.19. The number of nitrogens with two attached hydrogens (primary N) is 1. The summed E-state index contributed by atoms with van der Waals surface area (Å²) in [6.45, 7) is 0.382. The van der Waals surface area contributed by atoms with Gasteiger partial charge in [0.15, 0.2) is 5.84 Å². The van der Waals surface area contributed by atoms with Gasteiger partial charge in [0.05, 0.1) is 5.56 Å². The largest absolute Gasteiger partial charge is 0.488 e. The van der Waals surface area contributed by atoms with E-state index in [1.807, 2.05) is 18.2 Å². The van der Waals surface area contributed by atoms with Crippen molar-refractivity contribution in [3.8, 4) is 5.75 Å². The maximum absolute atomic E-state index is 8.72. The monoisotopic (exact) mass is 276 g/mol. The van der Waals surface area contributed by atoms with Crippen LogP contribution in [0.3, 0.4) is 0 Å². The van der Waals surface area contributed by atoms with Gasteiger partial charge >= 0.3 is 0 Å². The zero-order chi connectivity index (χ0) is 13.7. The molecule has 0 saturated carbocycles. The molecule has 4 nitrogen and oxygen atoms in total. The molecular formula is C14H13ClN2O2. The van der Waals surface area contributed by atoms with E-state index < -0.39 is 0 Å². The summed E-state index contributed by atoms with van der Waals surface area (Å²) in [7, 11) is 0. The predicted octanol–water partition coefficient (Wildman–Crippen LogP) is 3.01. The van der Waals surface area contributed by atoms with Crippen LogP contribution < -0.4 is 10.5 Å². The smallest absolute Gasteiger partial charge is 0.173 e. The molecule has 0 bridgehead atoms. The Morgan fingerprint density at radius 2 is 1.84 bits per heavy atom. The zero-order valence-electron chi connectivity index (χ0n) is 10.1. The normalized spacial score (nSPS) is 11.3. The summed E-state index contributed by atoms with van der Waals surface area (Å²) in [5, 5.41) is 12.4. The van der Waals surface area contributed by atoms with Gasteiger partial charge in [0, 0.05) is 5.02 Å². The molecule has 0 heterocycles. The number of nitrogens with zero attached hydrogens (tertiary/aromatic N) is 1. The lowest BCUT2D eigenvalue weighted by Gasteiger charge is -2.10. The van der Waals surface area contributed by atoms with Gasteiger partial charge in [-0.15, -0.1) is 0 Å². The lowest BCUT2D eigenvalue weighted by molar-refractivity contribution is 0.303. The van der Waals surface area contributed by atoms with Gasteiger partial charge in [-0.05, 0) is 29.8 Å². The molecule has 3 N–H and O–H groups in total. The second-order valence-electron chi connectivity index (χ2n) is 3.90. The first-order valence-electron chi connectivity index (χ1n) is 5.65. The minimum atomic E-state index is 0.0201. The Morgan fingerprint density at radius 3 is 2.53 bits per heavy atom. The van der Waals surface area contributed by atoms with Gasteiger partial charge in [-0.25, -0.2) is 0 Å². The highest BCUT2D eigenvalue weighted by Gasteiger charge is 2.07. The van der Waals surface area contributed by atoms with Crippen LogP contribution in [0.1, 0.15) is 11.1 Å². The number of amidine groups is 1. The van der Waals surface area contributed by atoms with Crippen LogP contribution in [-0.4, -0.2) is 11.0 Å². The lowest BCUT2D eigenvalue weighted by atomic mass is 10.2. The Kier molecular flexibility index (Phi) is 4.26. The van der Waals surface area contributed by atoms with Gasteiger partial charge in [-0.3, -0.25) is 0 Å². The van der Waals surface area contributed by atoms with Gasteiger partial charge in [0.25, 0.3) is 0 Å². The molecule has 0 aromatic heterocycles. The standard InChI is InChI=1S/C14H13ClN2O2/c15-11-7-5-10(6-8-11)9-19-13-4-2-1-3-12(13)14(16)17-18/h1-8,18H,9H2,(H2,16,17). The molecule has 0 amide bonds. The first-order chi connectivity index (χ1) is 9.20. The number of hydrogen-bond donors (Lipinski definition) is 2. The Morgan fingerprint density at radius 1 is 1.16 bits per heavy atom. The first kappa shape index (κ1) is 13.2. The molecule has 0 unspecified atom stereocenters. The van der Waals surface area contributed by atoms with Crippen molar-refractivity contribution in [2.45, 2.75) is 6.61 Å². The Labute approximate surface area is 116 Å². The molecule has 5 heteroatoms. The molecule has 0 fully saturated rings. The maximum atomic E-state index is 8.72. The molecule has 0 aliphatic rings. The van der Waals surface area contributed by atoms with E-state index in [2.05, 4.69) is 5.16 Å².